The van der Waals surface area contributed by atoms with Crippen molar-refractivity contribution >= 4 is 13.1 Å². The summed E-state index contributed by atoms with van der Waals surface area (Å²) in [7, 11) is -1.31. The number of hydrogen-bond acceptors (Lipinski definition) is 4. The fourth-order valence-corrected chi connectivity index (χ4v) is 3.09. The van der Waals surface area contributed by atoms with Gasteiger partial charge in [-0.25, -0.2) is 0 Å². The van der Waals surface area contributed by atoms with Crippen LogP contribution in [-0.4, -0.2) is 28.2 Å². The van der Waals surface area contributed by atoms with Gasteiger partial charge in [0, 0.05) is 6.54 Å². The summed E-state index contributed by atoms with van der Waals surface area (Å²) in [5.41, 5.74) is 8.57. The van der Waals surface area contributed by atoms with E-state index in [4.69, 9.17) is 15.8 Å². The molecule has 0 saturated heterocycles. The summed E-state index contributed by atoms with van der Waals surface area (Å²) in [5.74, 6) is -1.28. The summed E-state index contributed by atoms with van der Waals surface area (Å²) in [5, 5.41) is 27.2. The lowest BCUT2D eigenvalue weighted by Gasteiger charge is -2.16. The van der Waals surface area contributed by atoms with Crippen molar-refractivity contribution in [2.24, 2.45) is 11.7 Å². The molecule has 6 heteroatoms. The van der Waals surface area contributed by atoms with Crippen molar-refractivity contribution in [2.75, 3.05) is 0 Å². The van der Waals surface area contributed by atoms with E-state index in [2.05, 4.69) is 0 Å². The van der Waals surface area contributed by atoms with Gasteiger partial charge in [0.25, 0.3) is 0 Å². The molecule has 0 aliphatic heterocycles. The third-order valence-electron chi connectivity index (χ3n) is 4.03. The average molecular weight is 277 g/mol. The zero-order valence-electron chi connectivity index (χ0n) is 11.3. The van der Waals surface area contributed by atoms with Gasteiger partial charge < -0.3 is 20.9 Å². The Morgan fingerprint density at radius 3 is 2.75 bits per heavy atom. The normalized spacial score (nSPS) is 20.8. The van der Waals surface area contributed by atoms with E-state index in [0.29, 0.717) is 19.4 Å². The van der Waals surface area contributed by atoms with Gasteiger partial charge in [-0.15, -0.1) is 0 Å². The van der Waals surface area contributed by atoms with Gasteiger partial charge in [-0.3, -0.25) is 4.79 Å². The maximum atomic E-state index is 11.5. The highest BCUT2D eigenvalue weighted by Crippen LogP contribution is 2.41. The summed E-state index contributed by atoms with van der Waals surface area (Å²) < 4.78 is 0. The second-order valence-corrected chi connectivity index (χ2v) is 5.43. The zero-order chi connectivity index (χ0) is 14.7. The van der Waals surface area contributed by atoms with E-state index in [1.807, 2.05) is 18.2 Å². The first-order valence-electron chi connectivity index (χ1n) is 6.93. The number of aliphatic carboxylic acids is 1. The molecule has 1 aliphatic rings. The van der Waals surface area contributed by atoms with Crippen LogP contribution < -0.4 is 5.73 Å². The van der Waals surface area contributed by atoms with Gasteiger partial charge in [0.1, 0.15) is 0 Å². The third-order valence-corrected chi connectivity index (χ3v) is 4.03. The van der Waals surface area contributed by atoms with Gasteiger partial charge in [0.15, 0.2) is 0 Å². The number of carbonyl (C=O) groups is 1. The molecule has 0 radical (unpaired) electrons. The molecule has 2 rings (SSSR count). The molecular weight excluding hydrogens is 257 g/mol. The van der Waals surface area contributed by atoms with Crippen LogP contribution in [0.4, 0.5) is 0 Å². The van der Waals surface area contributed by atoms with E-state index in [1.165, 1.54) is 0 Å². The first-order chi connectivity index (χ1) is 9.52. The molecule has 0 spiro atoms. The Balaban J connectivity index is 2.13. The van der Waals surface area contributed by atoms with Gasteiger partial charge in [0.2, 0.25) is 0 Å². The molecule has 1 aromatic rings. The second kappa shape index (κ2) is 6.39. The van der Waals surface area contributed by atoms with Crippen LogP contribution in [0, 0.1) is 5.92 Å². The topological polar surface area (TPSA) is 104 Å². The summed E-state index contributed by atoms with van der Waals surface area (Å²) >= 11 is 0. The highest BCUT2D eigenvalue weighted by Gasteiger charge is 2.37. The summed E-state index contributed by atoms with van der Waals surface area (Å²) in [6, 6.07) is 5.75. The van der Waals surface area contributed by atoms with Crippen molar-refractivity contribution < 1.29 is 19.9 Å². The molecule has 0 unspecified atom stereocenters. The van der Waals surface area contributed by atoms with Crippen molar-refractivity contribution in [3.05, 3.63) is 34.9 Å². The van der Waals surface area contributed by atoms with Crippen molar-refractivity contribution in [3.63, 3.8) is 0 Å². The van der Waals surface area contributed by atoms with Crippen LogP contribution in [0.1, 0.15) is 35.4 Å². The molecule has 0 heterocycles. The van der Waals surface area contributed by atoms with Crippen LogP contribution in [0.15, 0.2) is 18.2 Å². The fraction of sp³-hybridized carbons (Fsp3) is 0.500. The van der Waals surface area contributed by atoms with Gasteiger partial charge in [-0.2, -0.15) is 0 Å². The largest absolute Gasteiger partial charge is 0.481 e. The van der Waals surface area contributed by atoms with Gasteiger partial charge >= 0.3 is 13.1 Å². The monoisotopic (exact) mass is 277 g/mol. The van der Waals surface area contributed by atoms with Crippen molar-refractivity contribution in [1.29, 1.82) is 0 Å². The molecule has 1 aliphatic carbocycles. The number of benzene rings is 1. The molecule has 1 aromatic carbocycles. The van der Waals surface area contributed by atoms with Crippen LogP contribution in [0.5, 0.6) is 0 Å². The minimum absolute atomic E-state index is 0.0225. The van der Waals surface area contributed by atoms with Crippen LogP contribution in [0.2, 0.25) is 6.32 Å². The van der Waals surface area contributed by atoms with E-state index >= 15 is 0 Å². The van der Waals surface area contributed by atoms with Gasteiger partial charge in [0.05, 0.1) is 5.92 Å². The van der Waals surface area contributed by atoms with Crippen LogP contribution in [0.3, 0.4) is 0 Å². The molecule has 0 saturated carbocycles. The first kappa shape index (κ1) is 15.0. The number of hydrogen-bond donors (Lipinski definition) is 4. The highest BCUT2D eigenvalue weighted by molar-refractivity contribution is 6.40. The first-order valence-corrected chi connectivity index (χ1v) is 6.93. The standard InChI is InChI=1S/C14H20BNO4/c16-8-9-3-4-12-11(6-9)7-10(13(12)14(17)18)2-1-5-15(19)20/h3-4,6,10,13,19-20H,1-2,5,7-8,16H2,(H,17,18)/t10-,13-/m0/s1. The lowest BCUT2D eigenvalue weighted by molar-refractivity contribution is -0.139. The Hall–Kier alpha value is -1.37. The molecular formula is C14H20BNO4. The van der Waals surface area contributed by atoms with E-state index in [9.17, 15) is 9.90 Å². The highest BCUT2D eigenvalue weighted by atomic mass is 16.4. The Morgan fingerprint density at radius 1 is 1.40 bits per heavy atom. The van der Waals surface area contributed by atoms with Gasteiger partial charge in [-0.1, -0.05) is 24.6 Å². The predicted octanol–water partition coefficient (Wildman–Crippen LogP) is 0.739. The smallest absolute Gasteiger partial charge is 0.451 e. The maximum Gasteiger partial charge on any atom is 0.451 e. The minimum Gasteiger partial charge on any atom is -0.481 e. The predicted molar refractivity (Wildman–Crippen MR) is 76.1 cm³/mol. The summed E-state index contributed by atoms with van der Waals surface area (Å²) in [6.07, 6.45) is 2.31. The van der Waals surface area contributed by atoms with E-state index < -0.39 is 19.0 Å². The Morgan fingerprint density at radius 2 is 2.15 bits per heavy atom. The van der Waals surface area contributed by atoms with Crippen LogP contribution >= 0.6 is 0 Å². The minimum atomic E-state index is -1.31. The lowest BCUT2D eigenvalue weighted by atomic mass is 9.80. The molecule has 0 aromatic heterocycles. The summed E-state index contributed by atoms with van der Waals surface area (Å²) in [4.78, 5) is 11.5. The fourth-order valence-electron chi connectivity index (χ4n) is 3.09. The SMILES string of the molecule is NCc1ccc2c(c1)C[C@H](CCCB(O)O)[C@@H]2C(=O)O. The number of nitrogens with two attached hydrogens (primary N) is 1. The van der Waals surface area contributed by atoms with E-state index in [-0.39, 0.29) is 12.2 Å². The average Bonchev–Trinajstić information content (AvgIpc) is 2.75. The number of fused-ring (bicyclic) bond motifs is 1. The Kier molecular flexibility index (Phi) is 4.80. The summed E-state index contributed by atoms with van der Waals surface area (Å²) in [6.45, 7) is 0.451. The van der Waals surface area contributed by atoms with E-state index in [0.717, 1.165) is 23.1 Å². The van der Waals surface area contributed by atoms with Crippen LogP contribution in [0.25, 0.3) is 0 Å². The molecule has 2 atom stereocenters. The molecule has 0 bridgehead atoms. The molecule has 20 heavy (non-hydrogen) atoms. The lowest BCUT2D eigenvalue weighted by Crippen LogP contribution is -2.18. The number of carboxylic acids is 1. The number of rotatable bonds is 6. The Bertz CT molecular complexity index is 492. The molecule has 108 valence electrons. The molecule has 0 fully saturated rings. The quantitative estimate of drug-likeness (QED) is 0.574. The number of carboxylic acid groups (broad SMARTS) is 1. The maximum absolute atomic E-state index is 11.5. The zero-order valence-corrected chi connectivity index (χ0v) is 11.3. The molecule has 5 N–H and O–H groups in total. The van der Waals surface area contributed by atoms with Crippen molar-refractivity contribution in [3.8, 4) is 0 Å². The van der Waals surface area contributed by atoms with E-state index in [1.54, 1.807) is 0 Å². The molecule has 0 amide bonds. The Labute approximate surface area is 118 Å². The van der Waals surface area contributed by atoms with Gasteiger partial charge in [-0.05, 0) is 41.8 Å². The van der Waals surface area contributed by atoms with Crippen molar-refractivity contribution in [2.45, 2.75) is 38.0 Å². The second-order valence-electron chi connectivity index (χ2n) is 5.43. The molecule has 5 nitrogen and oxygen atoms in total. The van der Waals surface area contributed by atoms with Crippen molar-refractivity contribution in [1.82, 2.24) is 0 Å². The van der Waals surface area contributed by atoms with Crippen LogP contribution in [-0.2, 0) is 17.8 Å². The third kappa shape index (κ3) is 3.20.